The van der Waals surface area contributed by atoms with Gasteiger partial charge in [-0.3, -0.25) is 4.79 Å². The smallest absolute Gasteiger partial charge is 0.255 e. The average molecular weight is 320 g/mol. The second kappa shape index (κ2) is 6.59. The van der Waals surface area contributed by atoms with Gasteiger partial charge in [0, 0.05) is 17.3 Å². The molecule has 0 aliphatic rings. The number of ether oxygens (including phenoxy) is 1. The highest BCUT2D eigenvalue weighted by Crippen LogP contribution is 2.18. The van der Waals surface area contributed by atoms with Crippen LogP contribution in [-0.4, -0.2) is 28.5 Å². The zero-order valence-electron chi connectivity index (χ0n) is 12.2. The Kier molecular flexibility index (Phi) is 4.79. The lowest BCUT2D eigenvalue weighted by Gasteiger charge is -2.08. The lowest BCUT2D eigenvalue weighted by atomic mass is 10.2. The number of carbonyl (C=O) groups excluding carboxylic acids is 1. The molecule has 0 atom stereocenters. The first-order valence-corrected chi connectivity index (χ1v) is 7.93. The number of carbonyl (C=O) groups is 1. The van der Waals surface area contributed by atoms with E-state index < -0.39 is 10.0 Å². The highest BCUT2D eigenvalue weighted by atomic mass is 32.2. The molecule has 7 heteroatoms. The van der Waals surface area contributed by atoms with E-state index in [2.05, 4.69) is 10.0 Å². The standard InChI is InChI=1S/C15H16N2O4S/c1-16-22(19,20)14-8-6-11(7-9-14)15(18)17-12-4-3-5-13(10-12)21-2/h3-10,16H,1-2H3,(H,17,18). The van der Waals surface area contributed by atoms with Crippen LogP contribution in [0.5, 0.6) is 5.75 Å². The van der Waals surface area contributed by atoms with E-state index in [4.69, 9.17) is 4.74 Å². The van der Waals surface area contributed by atoms with Gasteiger partial charge in [0.2, 0.25) is 10.0 Å². The van der Waals surface area contributed by atoms with Gasteiger partial charge in [0.1, 0.15) is 5.75 Å². The van der Waals surface area contributed by atoms with E-state index in [1.807, 2.05) is 0 Å². The maximum Gasteiger partial charge on any atom is 0.255 e. The van der Waals surface area contributed by atoms with Crippen LogP contribution in [0, 0.1) is 0 Å². The highest BCUT2D eigenvalue weighted by molar-refractivity contribution is 7.89. The molecule has 0 aromatic heterocycles. The van der Waals surface area contributed by atoms with Crippen LogP contribution in [0.2, 0.25) is 0 Å². The number of nitrogens with one attached hydrogen (secondary N) is 2. The summed E-state index contributed by atoms with van der Waals surface area (Å²) < 4.78 is 30.5. The monoisotopic (exact) mass is 320 g/mol. The summed E-state index contributed by atoms with van der Waals surface area (Å²) in [6.45, 7) is 0. The van der Waals surface area contributed by atoms with Crippen molar-refractivity contribution >= 4 is 21.6 Å². The second-order valence-electron chi connectivity index (χ2n) is 4.42. The molecule has 0 aliphatic carbocycles. The zero-order valence-corrected chi connectivity index (χ0v) is 13.0. The van der Waals surface area contributed by atoms with Crippen LogP contribution in [0.1, 0.15) is 10.4 Å². The van der Waals surface area contributed by atoms with Gasteiger partial charge in [0.15, 0.2) is 0 Å². The Morgan fingerprint density at radius 2 is 1.77 bits per heavy atom. The van der Waals surface area contributed by atoms with Gasteiger partial charge in [0.25, 0.3) is 5.91 Å². The molecule has 2 aromatic rings. The number of rotatable bonds is 5. The molecule has 0 fully saturated rings. The van der Waals surface area contributed by atoms with E-state index in [1.165, 1.54) is 31.3 Å². The van der Waals surface area contributed by atoms with E-state index in [9.17, 15) is 13.2 Å². The summed E-state index contributed by atoms with van der Waals surface area (Å²) in [7, 11) is -0.631. The van der Waals surface area contributed by atoms with Gasteiger partial charge in [-0.25, -0.2) is 13.1 Å². The average Bonchev–Trinajstić information content (AvgIpc) is 2.55. The van der Waals surface area contributed by atoms with Gasteiger partial charge in [-0.1, -0.05) is 6.07 Å². The number of methoxy groups -OCH3 is 1. The fourth-order valence-electron chi connectivity index (χ4n) is 1.81. The van der Waals surface area contributed by atoms with E-state index in [-0.39, 0.29) is 10.8 Å². The molecule has 0 saturated heterocycles. The summed E-state index contributed by atoms with van der Waals surface area (Å²) in [5.74, 6) is 0.301. The van der Waals surface area contributed by atoms with Crippen molar-refractivity contribution in [3.05, 3.63) is 54.1 Å². The number of benzene rings is 2. The Morgan fingerprint density at radius 3 is 2.36 bits per heavy atom. The highest BCUT2D eigenvalue weighted by Gasteiger charge is 2.12. The molecular weight excluding hydrogens is 304 g/mol. The van der Waals surface area contributed by atoms with Crippen LogP contribution in [0.4, 0.5) is 5.69 Å². The lowest BCUT2D eigenvalue weighted by Crippen LogP contribution is -2.19. The number of sulfonamides is 1. The first kappa shape index (κ1) is 16.0. The molecule has 0 saturated carbocycles. The van der Waals surface area contributed by atoms with Crippen LogP contribution < -0.4 is 14.8 Å². The maximum atomic E-state index is 12.1. The van der Waals surface area contributed by atoms with Crippen molar-refractivity contribution in [2.75, 3.05) is 19.5 Å². The third kappa shape index (κ3) is 3.63. The Morgan fingerprint density at radius 1 is 1.09 bits per heavy atom. The SMILES string of the molecule is CNS(=O)(=O)c1ccc(C(=O)Nc2cccc(OC)c2)cc1. The third-order valence-corrected chi connectivity index (χ3v) is 4.45. The number of amides is 1. The zero-order chi connectivity index (χ0) is 16.2. The molecule has 0 radical (unpaired) electrons. The summed E-state index contributed by atoms with van der Waals surface area (Å²) in [6.07, 6.45) is 0. The van der Waals surface area contributed by atoms with Gasteiger partial charge < -0.3 is 10.1 Å². The van der Waals surface area contributed by atoms with Crippen molar-refractivity contribution < 1.29 is 17.9 Å². The van der Waals surface area contributed by atoms with Crippen LogP contribution >= 0.6 is 0 Å². The van der Waals surface area contributed by atoms with E-state index in [0.29, 0.717) is 17.0 Å². The topological polar surface area (TPSA) is 84.5 Å². The lowest BCUT2D eigenvalue weighted by molar-refractivity contribution is 0.102. The quantitative estimate of drug-likeness (QED) is 0.880. The summed E-state index contributed by atoms with van der Waals surface area (Å²) in [5, 5.41) is 2.72. The molecule has 2 rings (SSSR count). The first-order chi connectivity index (χ1) is 10.5. The molecule has 0 spiro atoms. The molecule has 0 aliphatic heterocycles. The Balaban J connectivity index is 2.16. The molecule has 2 N–H and O–H groups in total. The molecule has 116 valence electrons. The minimum atomic E-state index is -3.51. The predicted molar refractivity (Wildman–Crippen MR) is 83.6 cm³/mol. The number of hydrogen-bond donors (Lipinski definition) is 2. The molecule has 0 heterocycles. The van der Waals surface area contributed by atoms with E-state index in [1.54, 1.807) is 31.4 Å². The van der Waals surface area contributed by atoms with Gasteiger partial charge in [-0.2, -0.15) is 0 Å². The fourth-order valence-corrected chi connectivity index (χ4v) is 2.54. The number of hydrogen-bond acceptors (Lipinski definition) is 4. The van der Waals surface area contributed by atoms with Crippen LogP contribution in [0.3, 0.4) is 0 Å². The van der Waals surface area contributed by atoms with Crippen molar-refractivity contribution in [3.63, 3.8) is 0 Å². The van der Waals surface area contributed by atoms with Crippen molar-refractivity contribution in [1.29, 1.82) is 0 Å². The second-order valence-corrected chi connectivity index (χ2v) is 6.30. The third-order valence-electron chi connectivity index (χ3n) is 3.02. The molecule has 0 unspecified atom stereocenters. The van der Waals surface area contributed by atoms with Crippen molar-refractivity contribution in [3.8, 4) is 5.75 Å². The summed E-state index contributed by atoms with van der Waals surface area (Å²) in [4.78, 5) is 12.2. The van der Waals surface area contributed by atoms with Gasteiger partial charge >= 0.3 is 0 Å². The first-order valence-electron chi connectivity index (χ1n) is 6.45. The van der Waals surface area contributed by atoms with Gasteiger partial charge in [-0.05, 0) is 43.4 Å². The molecule has 0 bridgehead atoms. The molecule has 22 heavy (non-hydrogen) atoms. The summed E-state index contributed by atoms with van der Waals surface area (Å²) in [6, 6.07) is 12.6. The molecular formula is C15H16N2O4S. The molecule has 6 nitrogen and oxygen atoms in total. The minimum Gasteiger partial charge on any atom is -0.497 e. The Hall–Kier alpha value is -2.38. The van der Waals surface area contributed by atoms with Crippen molar-refractivity contribution in [1.82, 2.24) is 4.72 Å². The summed E-state index contributed by atoms with van der Waals surface area (Å²) in [5.41, 5.74) is 0.953. The maximum absolute atomic E-state index is 12.1. The van der Waals surface area contributed by atoms with Crippen LogP contribution in [0.15, 0.2) is 53.4 Å². The van der Waals surface area contributed by atoms with Crippen LogP contribution in [-0.2, 0) is 10.0 Å². The van der Waals surface area contributed by atoms with Gasteiger partial charge in [0.05, 0.1) is 12.0 Å². The van der Waals surface area contributed by atoms with Gasteiger partial charge in [-0.15, -0.1) is 0 Å². The van der Waals surface area contributed by atoms with Crippen molar-refractivity contribution in [2.24, 2.45) is 0 Å². The Bertz CT molecular complexity index is 770. The molecule has 2 aromatic carbocycles. The molecule has 1 amide bonds. The minimum absolute atomic E-state index is 0.105. The Labute approximate surface area is 129 Å². The normalized spacial score (nSPS) is 11.0. The largest absolute Gasteiger partial charge is 0.497 e. The van der Waals surface area contributed by atoms with Crippen molar-refractivity contribution in [2.45, 2.75) is 4.90 Å². The fraction of sp³-hybridized carbons (Fsp3) is 0.133. The van der Waals surface area contributed by atoms with Crippen LogP contribution in [0.25, 0.3) is 0 Å². The number of anilines is 1. The van der Waals surface area contributed by atoms with E-state index in [0.717, 1.165) is 0 Å². The summed E-state index contributed by atoms with van der Waals surface area (Å²) >= 11 is 0. The predicted octanol–water partition coefficient (Wildman–Crippen LogP) is 1.86. The van der Waals surface area contributed by atoms with E-state index >= 15 is 0 Å².